The van der Waals surface area contributed by atoms with Crippen molar-refractivity contribution < 1.29 is 9.59 Å². The van der Waals surface area contributed by atoms with Gasteiger partial charge in [-0.3, -0.25) is 19.1 Å². The molecule has 1 aliphatic carbocycles. The van der Waals surface area contributed by atoms with Gasteiger partial charge in [-0.25, -0.2) is 4.98 Å². The maximum absolute atomic E-state index is 12.7. The molecule has 8 heteroatoms. The highest BCUT2D eigenvalue weighted by Gasteiger charge is 2.26. The molecule has 31 heavy (non-hydrogen) atoms. The van der Waals surface area contributed by atoms with E-state index < -0.39 is 0 Å². The summed E-state index contributed by atoms with van der Waals surface area (Å²) in [5.41, 5.74) is 2.35. The zero-order chi connectivity index (χ0) is 21.8. The van der Waals surface area contributed by atoms with Gasteiger partial charge in [-0.15, -0.1) is 0 Å². The second kappa shape index (κ2) is 9.87. The summed E-state index contributed by atoms with van der Waals surface area (Å²) >= 11 is 1.47. The van der Waals surface area contributed by atoms with Gasteiger partial charge in [0.2, 0.25) is 11.8 Å². The average Bonchev–Trinajstić information content (AvgIpc) is 3.45. The van der Waals surface area contributed by atoms with Gasteiger partial charge in [0, 0.05) is 50.3 Å². The number of rotatable bonds is 8. The number of piperazine rings is 1. The smallest absolute Gasteiger partial charge is 0.234 e. The first-order valence-electron chi connectivity index (χ1n) is 11.1. The Kier molecular flexibility index (Phi) is 6.97. The lowest BCUT2D eigenvalue weighted by Gasteiger charge is -2.34. The molecule has 7 nitrogen and oxygen atoms in total. The lowest BCUT2D eigenvalue weighted by atomic mass is 10.0. The van der Waals surface area contributed by atoms with E-state index in [0.29, 0.717) is 37.3 Å². The highest BCUT2D eigenvalue weighted by Crippen LogP contribution is 2.23. The summed E-state index contributed by atoms with van der Waals surface area (Å²) in [7, 11) is 0. The van der Waals surface area contributed by atoms with Gasteiger partial charge in [-0.2, -0.15) is 0 Å². The molecule has 0 spiro atoms. The molecule has 2 aromatic rings. The molecule has 0 radical (unpaired) electrons. The molecule has 2 fully saturated rings. The Labute approximate surface area is 188 Å². The molecule has 2 aliphatic rings. The van der Waals surface area contributed by atoms with Crippen molar-refractivity contribution in [3.63, 3.8) is 0 Å². The molecule has 2 amide bonds. The summed E-state index contributed by atoms with van der Waals surface area (Å²) in [6, 6.07) is 8.88. The van der Waals surface area contributed by atoms with E-state index in [1.54, 1.807) is 6.20 Å². The minimum atomic E-state index is 0.103. The number of thioether (sulfide) groups is 1. The molecule has 0 atom stereocenters. The summed E-state index contributed by atoms with van der Waals surface area (Å²) in [4.78, 5) is 33.1. The second-order valence-electron chi connectivity index (χ2n) is 8.61. The van der Waals surface area contributed by atoms with Gasteiger partial charge in [-0.1, -0.05) is 37.7 Å². The number of imidazole rings is 1. The molecular weight excluding hydrogens is 410 g/mol. The number of hydrogen-bond acceptors (Lipinski definition) is 5. The van der Waals surface area contributed by atoms with Crippen molar-refractivity contribution in [1.29, 1.82) is 0 Å². The van der Waals surface area contributed by atoms with Gasteiger partial charge >= 0.3 is 0 Å². The van der Waals surface area contributed by atoms with Crippen molar-refractivity contribution in [3.05, 3.63) is 42.2 Å². The molecule has 0 unspecified atom stereocenters. The molecule has 1 aliphatic heterocycles. The fraction of sp³-hybridized carbons (Fsp3) is 0.522. The van der Waals surface area contributed by atoms with E-state index in [2.05, 4.69) is 53.3 Å². The number of benzene rings is 1. The summed E-state index contributed by atoms with van der Waals surface area (Å²) in [5.74, 6) is 1.09. The van der Waals surface area contributed by atoms with Crippen LogP contribution in [0.5, 0.6) is 0 Å². The summed E-state index contributed by atoms with van der Waals surface area (Å²) in [5, 5.41) is 3.84. The number of hydrogen-bond donors (Lipinski definition) is 1. The van der Waals surface area contributed by atoms with Crippen LogP contribution in [-0.2, 0) is 9.59 Å². The summed E-state index contributed by atoms with van der Waals surface area (Å²) in [6.45, 7) is 7.61. The molecule has 1 saturated heterocycles. The molecule has 1 saturated carbocycles. The van der Waals surface area contributed by atoms with Crippen LogP contribution in [0.25, 0.3) is 5.69 Å². The third-order valence-corrected chi connectivity index (χ3v) is 6.76. The number of amides is 2. The molecule has 2 heterocycles. The van der Waals surface area contributed by atoms with Crippen molar-refractivity contribution in [3.8, 4) is 5.69 Å². The number of aromatic nitrogens is 2. The summed E-state index contributed by atoms with van der Waals surface area (Å²) in [6.07, 6.45) is 5.91. The van der Waals surface area contributed by atoms with Crippen molar-refractivity contribution in [1.82, 2.24) is 24.7 Å². The van der Waals surface area contributed by atoms with Gasteiger partial charge in [-0.05, 0) is 36.5 Å². The van der Waals surface area contributed by atoms with Gasteiger partial charge in [0.25, 0.3) is 0 Å². The quantitative estimate of drug-likeness (QED) is 0.638. The van der Waals surface area contributed by atoms with Crippen LogP contribution in [0.1, 0.15) is 38.2 Å². The molecule has 4 rings (SSSR count). The lowest BCUT2D eigenvalue weighted by molar-refractivity contribution is -0.130. The van der Waals surface area contributed by atoms with E-state index in [1.807, 2.05) is 15.7 Å². The Bertz CT molecular complexity index is 899. The molecule has 1 N–H and O–H groups in total. The van der Waals surface area contributed by atoms with E-state index in [1.165, 1.54) is 17.3 Å². The molecule has 1 aromatic carbocycles. The molecular formula is C23H31N5O2S. The first-order chi connectivity index (χ1) is 15.0. The van der Waals surface area contributed by atoms with Crippen LogP contribution in [0.4, 0.5) is 0 Å². The van der Waals surface area contributed by atoms with E-state index in [0.717, 1.165) is 36.8 Å². The predicted molar refractivity (Wildman–Crippen MR) is 123 cm³/mol. The largest absolute Gasteiger partial charge is 0.352 e. The van der Waals surface area contributed by atoms with E-state index >= 15 is 0 Å². The van der Waals surface area contributed by atoms with Crippen molar-refractivity contribution in [2.24, 2.45) is 0 Å². The predicted octanol–water partition coefficient (Wildman–Crippen LogP) is 2.51. The zero-order valence-corrected chi connectivity index (χ0v) is 19.1. The van der Waals surface area contributed by atoms with Gasteiger partial charge in [0.15, 0.2) is 5.16 Å². The van der Waals surface area contributed by atoms with Crippen molar-refractivity contribution in [2.45, 2.75) is 43.8 Å². The maximum atomic E-state index is 12.7. The fourth-order valence-electron chi connectivity index (χ4n) is 3.69. The van der Waals surface area contributed by atoms with Gasteiger partial charge in [0.05, 0.1) is 12.3 Å². The number of carbonyl (C=O) groups is 2. The molecule has 0 bridgehead atoms. The second-order valence-corrected chi connectivity index (χ2v) is 9.56. The third-order valence-electron chi connectivity index (χ3n) is 5.80. The number of carbonyl (C=O) groups excluding carboxylic acids is 2. The SMILES string of the molecule is CC(C)c1ccc(-n2ccnc2SCC(=O)N2CCN(CC(=O)NC3CC3)CC2)cc1. The van der Waals surface area contributed by atoms with Crippen LogP contribution in [0.3, 0.4) is 0 Å². The monoisotopic (exact) mass is 441 g/mol. The summed E-state index contributed by atoms with van der Waals surface area (Å²) < 4.78 is 2.03. The van der Waals surface area contributed by atoms with Crippen LogP contribution >= 0.6 is 11.8 Å². The Balaban J connectivity index is 1.25. The molecule has 166 valence electrons. The van der Waals surface area contributed by atoms with Crippen molar-refractivity contribution >= 4 is 23.6 Å². The first-order valence-corrected chi connectivity index (χ1v) is 12.0. The van der Waals surface area contributed by atoms with Gasteiger partial charge in [0.1, 0.15) is 0 Å². The van der Waals surface area contributed by atoms with E-state index in [9.17, 15) is 9.59 Å². The topological polar surface area (TPSA) is 70.5 Å². The molecule has 1 aromatic heterocycles. The Morgan fingerprint density at radius 3 is 2.48 bits per heavy atom. The van der Waals surface area contributed by atoms with Crippen LogP contribution in [-0.4, -0.2) is 75.7 Å². The Morgan fingerprint density at radius 2 is 1.84 bits per heavy atom. The average molecular weight is 442 g/mol. The first kappa shape index (κ1) is 21.9. The van der Waals surface area contributed by atoms with Crippen molar-refractivity contribution in [2.75, 3.05) is 38.5 Å². The van der Waals surface area contributed by atoms with Crippen LogP contribution in [0, 0.1) is 0 Å². The third kappa shape index (κ3) is 5.89. The highest BCUT2D eigenvalue weighted by molar-refractivity contribution is 7.99. The normalized spacial score (nSPS) is 17.2. The zero-order valence-electron chi connectivity index (χ0n) is 18.3. The Hall–Kier alpha value is -2.32. The Morgan fingerprint density at radius 1 is 1.13 bits per heavy atom. The highest BCUT2D eigenvalue weighted by atomic mass is 32.2. The van der Waals surface area contributed by atoms with E-state index in [-0.39, 0.29) is 11.8 Å². The fourth-order valence-corrected chi connectivity index (χ4v) is 4.57. The minimum Gasteiger partial charge on any atom is -0.352 e. The minimum absolute atomic E-state index is 0.103. The maximum Gasteiger partial charge on any atom is 0.234 e. The van der Waals surface area contributed by atoms with Gasteiger partial charge < -0.3 is 10.2 Å². The van der Waals surface area contributed by atoms with Crippen LogP contribution in [0.2, 0.25) is 0 Å². The van der Waals surface area contributed by atoms with Crippen LogP contribution in [0.15, 0.2) is 41.8 Å². The lowest BCUT2D eigenvalue weighted by Crippen LogP contribution is -2.51. The van der Waals surface area contributed by atoms with E-state index in [4.69, 9.17) is 0 Å². The number of nitrogens with zero attached hydrogens (tertiary/aromatic N) is 4. The van der Waals surface area contributed by atoms with Crippen LogP contribution < -0.4 is 5.32 Å². The number of nitrogens with one attached hydrogen (secondary N) is 1. The standard InChI is InChI=1S/C23H31N5O2S/c1-17(2)18-3-7-20(8-4-18)28-10-9-24-23(28)31-16-22(30)27-13-11-26(12-14-27)15-21(29)25-19-5-6-19/h3-4,7-10,17,19H,5-6,11-16H2,1-2H3,(H,25,29).